The Bertz CT molecular complexity index is 264. The van der Waals surface area contributed by atoms with Crippen molar-refractivity contribution in [3.8, 4) is 0 Å². The van der Waals surface area contributed by atoms with Crippen molar-refractivity contribution in [1.82, 2.24) is 0 Å². The van der Waals surface area contributed by atoms with E-state index in [1.54, 1.807) is 0 Å². The van der Waals surface area contributed by atoms with Gasteiger partial charge in [-0.2, -0.15) is 0 Å². The predicted molar refractivity (Wildman–Crippen MR) is 59.1 cm³/mol. The summed E-state index contributed by atoms with van der Waals surface area (Å²) in [6, 6.07) is 0. The molecule has 0 radical (unpaired) electrons. The van der Waals surface area contributed by atoms with E-state index < -0.39 is 0 Å². The first-order valence-electron chi connectivity index (χ1n) is 5.86. The Morgan fingerprint density at radius 3 is 2.64 bits per heavy atom. The maximum atomic E-state index is 10.2. The number of fused-ring (bicyclic) bond motifs is 1. The van der Waals surface area contributed by atoms with Crippen molar-refractivity contribution in [1.29, 1.82) is 0 Å². The van der Waals surface area contributed by atoms with E-state index in [2.05, 4.69) is 26.8 Å². The second kappa shape index (κ2) is 3.10. The lowest BCUT2D eigenvalue weighted by molar-refractivity contribution is 0.0107. The van der Waals surface area contributed by atoms with Gasteiger partial charge in [0.1, 0.15) is 0 Å². The Morgan fingerprint density at radius 1 is 1.29 bits per heavy atom. The monoisotopic (exact) mass is 194 g/mol. The minimum atomic E-state index is -0.109. The zero-order valence-corrected chi connectivity index (χ0v) is 9.64. The second-order valence-electron chi connectivity index (χ2n) is 5.87. The molecule has 0 aromatic heterocycles. The Hall–Kier alpha value is -0.300. The van der Waals surface area contributed by atoms with Crippen LogP contribution in [0.2, 0.25) is 0 Å². The van der Waals surface area contributed by atoms with Crippen LogP contribution < -0.4 is 0 Å². The number of rotatable bonds is 0. The van der Waals surface area contributed by atoms with E-state index in [0.29, 0.717) is 5.41 Å². The van der Waals surface area contributed by atoms with E-state index >= 15 is 0 Å². The second-order valence-corrected chi connectivity index (χ2v) is 5.87. The van der Waals surface area contributed by atoms with Crippen molar-refractivity contribution in [3.63, 3.8) is 0 Å². The van der Waals surface area contributed by atoms with Crippen molar-refractivity contribution >= 4 is 0 Å². The largest absolute Gasteiger partial charge is 0.392 e. The molecule has 0 heterocycles. The van der Waals surface area contributed by atoms with Crippen molar-refractivity contribution in [2.75, 3.05) is 0 Å². The van der Waals surface area contributed by atoms with Gasteiger partial charge >= 0.3 is 0 Å². The standard InChI is InChI=1S/C13H22O/c1-12(2)8-5-9-13(3)10(12)6-4-7-11(13)14/h6,11,14H,4-5,7-9H2,1-3H3/t11-,13+/m1/s1. The molecule has 2 aliphatic carbocycles. The Kier molecular flexibility index (Phi) is 2.26. The van der Waals surface area contributed by atoms with Gasteiger partial charge in [-0.15, -0.1) is 0 Å². The lowest BCUT2D eigenvalue weighted by Gasteiger charge is -2.50. The van der Waals surface area contributed by atoms with Gasteiger partial charge in [-0.05, 0) is 31.1 Å². The molecular weight excluding hydrogens is 172 g/mol. The van der Waals surface area contributed by atoms with Gasteiger partial charge in [-0.1, -0.05) is 38.8 Å². The smallest absolute Gasteiger partial charge is 0.0634 e. The minimum Gasteiger partial charge on any atom is -0.392 e. The van der Waals surface area contributed by atoms with E-state index in [1.165, 1.54) is 24.8 Å². The molecule has 0 spiro atoms. The molecule has 80 valence electrons. The average molecular weight is 194 g/mol. The third-order valence-corrected chi connectivity index (χ3v) is 4.37. The number of aliphatic hydroxyl groups is 1. The lowest BCUT2D eigenvalue weighted by atomic mass is 9.56. The summed E-state index contributed by atoms with van der Waals surface area (Å²) in [6.45, 7) is 6.91. The molecular formula is C13H22O. The van der Waals surface area contributed by atoms with E-state index in [-0.39, 0.29) is 11.5 Å². The van der Waals surface area contributed by atoms with E-state index in [9.17, 15) is 5.11 Å². The van der Waals surface area contributed by atoms with Gasteiger partial charge in [0.05, 0.1) is 6.10 Å². The maximum absolute atomic E-state index is 10.2. The van der Waals surface area contributed by atoms with Gasteiger partial charge in [-0.3, -0.25) is 0 Å². The maximum Gasteiger partial charge on any atom is 0.0634 e. The van der Waals surface area contributed by atoms with Crippen molar-refractivity contribution in [2.45, 2.75) is 59.0 Å². The molecule has 0 bridgehead atoms. The van der Waals surface area contributed by atoms with Crippen LogP contribution in [0.5, 0.6) is 0 Å². The Balaban J connectivity index is 2.40. The van der Waals surface area contributed by atoms with Gasteiger partial charge < -0.3 is 5.11 Å². The SMILES string of the molecule is CC1(C)CCC[C@@]2(C)C1=CCC[C@H]2O. The highest BCUT2D eigenvalue weighted by Crippen LogP contribution is 2.54. The van der Waals surface area contributed by atoms with Crippen molar-refractivity contribution < 1.29 is 5.11 Å². The van der Waals surface area contributed by atoms with Gasteiger partial charge in [0, 0.05) is 5.41 Å². The molecule has 0 amide bonds. The molecule has 0 aromatic rings. The fourth-order valence-electron chi connectivity index (χ4n) is 3.50. The summed E-state index contributed by atoms with van der Waals surface area (Å²) < 4.78 is 0. The highest BCUT2D eigenvalue weighted by atomic mass is 16.3. The van der Waals surface area contributed by atoms with Crippen molar-refractivity contribution in [3.05, 3.63) is 11.6 Å². The number of hydrogen-bond acceptors (Lipinski definition) is 1. The first-order chi connectivity index (χ1) is 6.47. The Labute approximate surface area is 87.2 Å². The van der Waals surface area contributed by atoms with Crippen LogP contribution in [0, 0.1) is 10.8 Å². The van der Waals surface area contributed by atoms with Gasteiger partial charge in [-0.25, -0.2) is 0 Å². The van der Waals surface area contributed by atoms with Crippen LogP contribution in [0.4, 0.5) is 0 Å². The zero-order chi connectivity index (χ0) is 10.4. The molecule has 0 unspecified atom stereocenters. The van der Waals surface area contributed by atoms with E-state index in [0.717, 1.165) is 12.8 Å². The van der Waals surface area contributed by atoms with Crippen LogP contribution in [-0.2, 0) is 0 Å². The summed E-state index contributed by atoms with van der Waals surface area (Å²) in [7, 11) is 0. The quantitative estimate of drug-likeness (QED) is 0.587. The normalized spacial score (nSPS) is 41.4. The van der Waals surface area contributed by atoms with Crippen molar-refractivity contribution in [2.24, 2.45) is 10.8 Å². The lowest BCUT2D eigenvalue weighted by Crippen LogP contribution is -2.44. The van der Waals surface area contributed by atoms with E-state index in [4.69, 9.17) is 0 Å². The predicted octanol–water partition coefficient (Wildman–Crippen LogP) is 3.28. The summed E-state index contributed by atoms with van der Waals surface area (Å²) in [6.07, 6.45) is 8.02. The van der Waals surface area contributed by atoms with Gasteiger partial charge in [0.15, 0.2) is 0 Å². The first-order valence-corrected chi connectivity index (χ1v) is 5.86. The minimum absolute atomic E-state index is 0.0833. The fraction of sp³-hybridized carbons (Fsp3) is 0.846. The number of aliphatic hydroxyl groups excluding tert-OH is 1. The summed E-state index contributed by atoms with van der Waals surface area (Å²) in [5.74, 6) is 0. The first kappa shape index (κ1) is 10.2. The van der Waals surface area contributed by atoms with E-state index in [1.807, 2.05) is 0 Å². The molecule has 2 rings (SSSR count). The molecule has 14 heavy (non-hydrogen) atoms. The summed E-state index contributed by atoms with van der Waals surface area (Å²) >= 11 is 0. The van der Waals surface area contributed by atoms with Crippen LogP contribution in [0.3, 0.4) is 0 Å². The molecule has 0 aliphatic heterocycles. The van der Waals surface area contributed by atoms with Crippen LogP contribution in [0.1, 0.15) is 52.9 Å². The Morgan fingerprint density at radius 2 is 2.00 bits per heavy atom. The number of allylic oxidation sites excluding steroid dienone is 1. The molecule has 2 atom stereocenters. The summed E-state index contributed by atoms with van der Waals surface area (Å²) in [4.78, 5) is 0. The van der Waals surface area contributed by atoms with Crippen LogP contribution in [-0.4, -0.2) is 11.2 Å². The molecule has 1 heteroatoms. The van der Waals surface area contributed by atoms with Gasteiger partial charge in [0.25, 0.3) is 0 Å². The molecule has 1 N–H and O–H groups in total. The average Bonchev–Trinajstić information content (AvgIpc) is 2.08. The summed E-state index contributed by atoms with van der Waals surface area (Å²) in [5, 5.41) is 10.2. The molecule has 1 nitrogen and oxygen atoms in total. The zero-order valence-electron chi connectivity index (χ0n) is 9.64. The molecule has 0 aromatic carbocycles. The third-order valence-electron chi connectivity index (χ3n) is 4.37. The highest BCUT2D eigenvalue weighted by molar-refractivity contribution is 5.27. The molecule has 1 saturated carbocycles. The molecule has 2 aliphatic rings. The van der Waals surface area contributed by atoms with Gasteiger partial charge in [0.2, 0.25) is 0 Å². The fourth-order valence-corrected chi connectivity index (χ4v) is 3.50. The molecule has 1 fully saturated rings. The van der Waals surface area contributed by atoms with Crippen LogP contribution in [0.15, 0.2) is 11.6 Å². The topological polar surface area (TPSA) is 20.2 Å². The van der Waals surface area contributed by atoms with Crippen LogP contribution >= 0.6 is 0 Å². The summed E-state index contributed by atoms with van der Waals surface area (Å²) in [5.41, 5.74) is 1.92. The van der Waals surface area contributed by atoms with Crippen LogP contribution in [0.25, 0.3) is 0 Å². The number of hydrogen-bond donors (Lipinski definition) is 1. The highest BCUT2D eigenvalue weighted by Gasteiger charge is 2.46. The third kappa shape index (κ3) is 1.33. The molecule has 0 saturated heterocycles.